The molecule has 0 atom stereocenters. The molecule has 5 N–H and O–H groups in total. The quantitative estimate of drug-likeness (QED) is 0.690. The number of hydrogen-bond acceptors (Lipinski definition) is 3. The zero-order chi connectivity index (χ0) is 12.4. The first kappa shape index (κ1) is 11.3. The molecule has 0 aliphatic carbocycles. The SMILES string of the molecule is Cc1ccccc1Nc1c(C)ccc(N)c1N. The van der Waals surface area contributed by atoms with Crippen LogP contribution in [0.5, 0.6) is 0 Å². The fraction of sp³-hybridized carbons (Fsp3) is 0.143. The van der Waals surface area contributed by atoms with E-state index in [-0.39, 0.29) is 0 Å². The Bertz CT molecular complexity index is 547. The Kier molecular flexibility index (Phi) is 2.91. The van der Waals surface area contributed by atoms with Crippen molar-refractivity contribution in [3.8, 4) is 0 Å². The molecule has 2 aromatic rings. The van der Waals surface area contributed by atoms with E-state index in [0.717, 1.165) is 16.9 Å². The maximum atomic E-state index is 5.99. The van der Waals surface area contributed by atoms with Crippen LogP contribution < -0.4 is 16.8 Å². The molecule has 0 bridgehead atoms. The highest BCUT2D eigenvalue weighted by Gasteiger charge is 2.07. The highest BCUT2D eigenvalue weighted by atomic mass is 14.9. The largest absolute Gasteiger partial charge is 0.397 e. The van der Waals surface area contributed by atoms with Crippen molar-refractivity contribution in [2.45, 2.75) is 13.8 Å². The monoisotopic (exact) mass is 227 g/mol. The number of para-hydroxylation sites is 1. The molecule has 3 heteroatoms. The van der Waals surface area contributed by atoms with Crippen LogP contribution in [0.15, 0.2) is 36.4 Å². The van der Waals surface area contributed by atoms with Gasteiger partial charge in [-0.2, -0.15) is 0 Å². The Labute approximate surface area is 101 Å². The van der Waals surface area contributed by atoms with Crippen molar-refractivity contribution in [3.05, 3.63) is 47.5 Å². The van der Waals surface area contributed by atoms with E-state index in [1.165, 1.54) is 5.56 Å². The summed E-state index contributed by atoms with van der Waals surface area (Å²) >= 11 is 0. The Balaban J connectivity index is 2.43. The van der Waals surface area contributed by atoms with Crippen LogP contribution in [-0.4, -0.2) is 0 Å². The number of nitrogens with one attached hydrogen (secondary N) is 1. The van der Waals surface area contributed by atoms with Gasteiger partial charge in [0.25, 0.3) is 0 Å². The number of benzene rings is 2. The van der Waals surface area contributed by atoms with E-state index < -0.39 is 0 Å². The fourth-order valence-electron chi connectivity index (χ4n) is 1.76. The van der Waals surface area contributed by atoms with E-state index in [1.807, 2.05) is 37.3 Å². The Morgan fingerprint density at radius 1 is 0.882 bits per heavy atom. The fourth-order valence-corrected chi connectivity index (χ4v) is 1.76. The minimum atomic E-state index is 0.603. The highest BCUT2D eigenvalue weighted by Crippen LogP contribution is 2.32. The number of hydrogen-bond donors (Lipinski definition) is 3. The second kappa shape index (κ2) is 4.37. The third-order valence-electron chi connectivity index (χ3n) is 2.89. The predicted octanol–water partition coefficient (Wildman–Crippen LogP) is 3.21. The lowest BCUT2D eigenvalue weighted by Crippen LogP contribution is -2.03. The van der Waals surface area contributed by atoms with Gasteiger partial charge in [-0.3, -0.25) is 0 Å². The third-order valence-corrected chi connectivity index (χ3v) is 2.89. The van der Waals surface area contributed by atoms with Gasteiger partial charge in [0.1, 0.15) is 0 Å². The zero-order valence-electron chi connectivity index (χ0n) is 10.1. The van der Waals surface area contributed by atoms with Crippen molar-refractivity contribution >= 4 is 22.7 Å². The second-order valence-corrected chi connectivity index (χ2v) is 4.20. The van der Waals surface area contributed by atoms with E-state index in [9.17, 15) is 0 Å². The number of aryl methyl sites for hydroxylation is 2. The maximum absolute atomic E-state index is 5.99. The van der Waals surface area contributed by atoms with Crippen LogP contribution in [0.3, 0.4) is 0 Å². The van der Waals surface area contributed by atoms with Crippen LogP contribution in [-0.2, 0) is 0 Å². The topological polar surface area (TPSA) is 64.1 Å². The van der Waals surface area contributed by atoms with Gasteiger partial charge < -0.3 is 16.8 Å². The first-order valence-corrected chi connectivity index (χ1v) is 5.57. The van der Waals surface area contributed by atoms with E-state index in [1.54, 1.807) is 0 Å². The van der Waals surface area contributed by atoms with Crippen LogP contribution in [0.1, 0.15) is 11.1 Å². The number of rotatable bonds is 2. The number of nitrogens with two attached hydrogens (primary N) is 2. The zero-order valence-corrected chi connectivity index (χ0v) is 10.1. The summed E-state index contributed by atoms with van der Waals surface area (Å²) < 4.78 is 0. The van der Waals surface area contributed by atoms with Crippen LogP contribution in [0.4, 0.5) is 22.7 Å². The minimum Gasteiger partial charge on any atom is -0.397 e. The average Bonchev–Trinajstić information content (AvgIpc) is 2.32. The van der Waals surface area contributed by atoms with Crippen molar-refractivity contribution in [2.75, 3.05) is 16.8 Å². The predicted molar refractivity (Wildman–Crippen MR) is 74.5 cm³/mol. The molecule has 0 spiro atoms. The van der Waals surface area contributed by atoms with Gasteiger partial charge in [0.15, 0.2) is 0 Å². The van der Waals surface area contributed by atoms with Gasteiger partial charge in [-0.1, -0.05) is 24.3 Å². The first-order chi connectivity index (χ1) is 8.09. The molecular formula is C14H17N3. The van der Waals surface area contributed by atoms with Gasteiger partial charge in [0.05, 0.1) is 17.1 Å². The van der Waals surface area contributed by atoms with Gasteiger partial charge in [-0.05, 0) is 37.1 Å². The maximum Gasteiger partial charge on any atom is 0.0789 e. The van der Waals surface area contributed by atoms with Gasteiger partial charge in [-0.15, -0.1) is 0 Å². The smallest absolute Gasteiger partial charge is 0.0789 e. The molecule has 0 unspecified atom stereocenters. The summed E-state index contributed by atoms with van der Waals surface area (Å²) in [5.74, 6) is 0. The van der Waals surface area contributed by atoms with Crippen LogP contribution in [0.2, 0.25) is 0 Å². The second-order valence-electron chi connectivity index (χ2n) is 4.20. The lowest BCUT2D eigenvalue weighted by molar-refractivity contribution is 1.39. The van der Waals surface area contributed by atoms with Gasteiger partial charge in [0.2, 0.25) is 0 Å². The van der Waals surface area contributed by atoms with E-state index in [0.29, 0.717) is 11.4 Å². The standard InChI is InChI=1S/C14H17N3/c1-9-5-3-4-6-12(9)17-14-10(2)7-8-11(15)13(14)16/h3-8,17H,15-16H2,1-2H3. The summed E-state index contributed by atoms with van der Waals surface area (Å²) in [6, 6.07) is 11.9. The van der Waals surface area contributed by atoms with Crippen molar-refractivity contribution in [1.29, 1.82) is 0 Å². The summed E-state index contributed by atoms with van der Waals surface area (Å²) in [6.45, 7) is 4.07. The van der Waals surface area contributed by atoms with Crippen molar-refractivity contribution in [2.24, 2.45) is 0 Å². The number of anilines is 4. The molecule has 0 fully saturated rings. The summed E-state index contributed by atoms with van der Waals surface area (Å²) in [5, 5.41) is 3.34. The minimum absolute atomic E-state index is 0.603. The normalized spacial score (nSPS) is 10.2. The summed E-state index contributed by atoms with van der Waals surface area (Å²) in [6.07, 6.45) is 0. The molecule has 2 aromatic carbocycles. The molecule has 0 heterocycles. The molecular weight excluding hydrogens is 210 g/mol. The van der Waals surface area contributed by atoms with E-state index >= 15 is 0 Å². The molecule has 17 heavy (non-hydrogen) atoms. The Morgan fingerprint density at radius 2 is 1.59 bits per heavy atom. The molecule has 0 radical (unpaired) electrons. The molecule has 0 amide bonds. The molecule has 0 aromatic heterocycles. The Hall–Kier alpha value is -2.16. The third kappa shape index (κ3) is 2.18. The summed E-state index contributed by atoms with van der Waals surface area (Å²) in [5.41, 5.74) is 17.2. The van der Waals surface area contributed by atoms with Crippen LogP contribution >= 0.6 is 0 Å². The lowest BCUT2D eigenvalue weighted by atomic mass is 10.1. The summed E-state index contributed by atoms with van der Waals surface area (Å²) in [4.78, 5) is 0. The van der Waals surface area contributed by atoms with E-state index in [4.69, 9.17) is 11.5 Å². The average molecular weight is 227 g/mol. The van der Waals surface area contributed by atoms with Gasteiger partial charge in [0, 0.05) is 5.69 Å². The molecule has 0 aliphatic heterocycles. The van der Waals surface area contributed by atoms with E-state index in [2.05, 4.69) is 18.3 Å². The molecule has 0 saturated heterocycles. The van der Waals surface area contributed by atoms with Crippen molar-refractivity contribution in [3.63, 3.8) is 0 Å². The van der Waals surface area contributed by atoms with Crippen LogP contribution in [0, 0.1) is 13.8 Å². The molecule has 0 aliphatic rings. The molecule has 88 valence electrons. The first-order valence-electron chi connectivity index (χ1n) is 5.57. The molecule has 2 rings (SSSR count). The Morgan fingerprint density at radius 3 is 2.29 bits per heavy atom. The van der Waals surface area contributed by atoms with Gasteiger partial charge in [-0.25, -0.2) is 0 Å². The molecule has 0 saturated carbocycles. The van der Waals surface area contributed by atoms with Crippen molar-refractivity contribution < 1.29 is 0 Å². The number of nitrogen functional groups attached to an aromatic ring is 2. The van der Waals surface area contributed by atoms with Crippen LogP contribution in [0.25, 0.3) is 0 Å². The molecule has 3 nitrogen and oxygen atoms in total. The van der Waals surface area contributed by atoms with Gasteiger partial charge >= 0.3 is 0 Å². The summed E-state index contributed by atoms with van der Waals surface area (Å²) in [7, 11) is 0. The van der Waals surface area contributed by atoms with Crippen molar-refractivity contribution in [1.82, 2.24) is 0 Å². The highest BCUT2D eigenvalue weighted by molar-refractivity contribution is 5.84. The lowest BCUT2D eigenvalue weighted by Gasteiger charge is -2.15.